The van der Waals surface area contributed by atoms with Gasteiger partial charge in [0.15, 0.2) is 5.72 Å². The van der Waals surface area contributed by atoms with E-state index < -0.39 is 35.3 Å². The first kappa shape index (κ1) is 29.9. The number of ether oxygens (including phenoxy) is 2. The Balaban J connectivity index is 1.73. The van der Waals surface area contributed by atoms with Gasteiger partial charge in [0.25, 0.3) is 5.91 Å². The van der Waals surface area contributed by atoms with Crippen molar-refractivity contribution in [1.82, 2.24) is 14.9 Å². The number of nitrogens with zero attached hydrogens (tertiary/aromatic N) is 4. The van der Waals surface area contributed by atoms with Crippen molar-refractivity contribution >= 4 is 17.5 Å². The molecular formula is C30H29ClF2N4O5. The Morgan fingerprint density at radius 1 is 1.21 bits per heavy atom. The molecule has 0 spiro atoms. The molecule has 2 N–H and O–H groups in total. The van der Waals surface area contributed by atoms with Gasteiger partial charge in [-0.1, -0.05) is 30.7 Å². The highest BCUT2D eigenvalue weighted by molar-refractivity contribution is 6.30. The van der Waals surface area contributed by atoms with E-state index in [1.807, 2.05) is 6.07 Å². The van der Waals surface area contributed by atoms with E-state index in [0.29, 0.717) is 10.6 Å². The van der Waals surface area contributed by atoms with Gasteiger partial charge in [-0.2, -0.15) is 5.26 Å². The molecule has 1 amide bonds. The fraction of sp³-hybridized carbons (Fsp3) is 0.400. The van der Waals surface area contributed by atoms with Crippen molar-refractivity contribution < 1.29 is 33.3 Å². The summed E-state index contributed by atoms with van der Waals surface area (Å²) in [7, 11) is 0. The lowest BCUT2D eigenvalue weighted by Gasteiger charge is -2.44. The van der Waals surface area contributed by atoms with Gasteiger partial charge < -0.3 is 19.7 Å². The summed E-state index contributed by atoms with van der Waals surface area (Å²) in [5, 5.41) is 31.0. The first-order chi connectivity index (χ1) is 20.1. The molecule has 1 aromatic heterocycles. The third-order valence-corrected chi connectivity index (χ3v) is 8.32. The first-order valence-corrected chi connectivity index (χ1v) is 13.9. The van der Waals surface area contributed by atoms with E-state index in [0.717, 1.165) is 6.07 Å². The molecule has 9 nitrogen and oxygen atoms in total. The summed E-state index contributed by atoms with van der Waals surface area (Å²) in [6, 6.07) is 10.5. The lowest BCUT2D eigenvalue weighted by Crippen LogP contribution is -2.51. The van der Waals surface area contributed by atoms with Crippen LogP contribution in [0, 0.1) is 17.1 Å². The SMILES string of the molecule is CCC(O)(c1cc(F)c2c(c1)C(=O)N(Cc1ncc(C#N)cn1)[C@@]2(OCCO)c1ccc(Cl)cc1)C1(F)CCOCC1. The zero-order valence-electron chi connectivity index (χ0n) is 22.8. The van der Waals surface area contributed by atoms with Crippen molar-refractivity contribution in [2.75, 3.05) is 26.4 Å². The van der Waals surface area contributed by atoms with Crippen molar-refractivity contribution in [3.05, 3.63) is 93.3 Å². The number of fused-ring (bicyclic) bond motifs is 1. The van der Waals surface area contributed by atoms with Crippen molar-refractivity contribution in [2.24, 2.45) is 0 Å². The fourth-order valence-electron chi connectivity index (χ4n) is 5.89. The zero-order chi connectivity index (χ0) is 30.1. The van der Waals surface area contributed by atoms with Crippen LogP contribution in [-0.4, -0.2) is 63.1 Å². The number of aliphatic hydroxyl groups excluding tert-OH is 1. The standard InChI is InChI=1S/C30H29ClF2N4O5/c1-2-29(40,28(33)7-10-41-11-8-28)21-13-23-26(24(32)14-21)30(42-12-9-38,20-3-5-22(31)6-4-20)37(27(23)39)18-25-35-16-19(15-34)17-36-25/h3-6,13-14,16-17,38,40H,2,7-12,18H2,1H3/t29?,30-/m1/s1. The predicted octanol–water partition coefficient (Wildman–Crippen LogP) is 4.12. The number of carbonyl (C=O) groups excluding carboxylic acids is 1. The number of alkyl halides is 1. The summed E-state index contributed by atoms with van der Waals surface area (Å²) in [6.07, 6.45) is 2.31. The molecule has 2 aromatic carbocycles. The van der Waals surface area contributed by atoms with Gasteiger partial charge in [0.05, 0.1) is 36.4 Å². The van der Waals surface area contributed by atoms with Crippen LogP contribution in [0.15, 0.2) is 48.8 Å². The second kappa shape index (κ2) is 11.6. The van der Waals surface area contributed by atoms with E-state index in [1.165, 1.54) is 23.4 Å². The monoisotopic (exact) mass is 598 g/mol. The lowest BCUT2D eigenvalue weighted by atomic mass is 9.72. The number of aromatic nitrogens is 2. The van der Waals surface area contributed by atoms with E-state index in [9.17, 15) is 15.0 Å². The lowest BCUT2D eigenvalue weighted by molar-refractivity contribution is -0.155. The summed E-state index contributed by atoms with van der Waals surface area (Å²) in [4.78, 5) is 23.8. The maximum absolute atomic E-state index is 16.5. The number of benzene rings is 2. The molecule has 0 radical (unpaired) electrons. The molecule has 3 heterocycles. The number of nitriles is 1. The van der Waals surface area contributed by atoms with E-state index in [4.69, 9.17) is 26.3 Å². The van der Waals surface area contributed by atoms with Gasteiger partial charge in [-0.3, -0.25) is 9.69 Å². The molecule has 12 heteroatoms. The third kappa shape index (κ3) is 4.83. The summed E-state index contributed by atoms with van der Waals surface area (Å²) < 4.78 is 44.3. The summed E-state index contributed by atoms with van der Waals surface area (Å²) in [6.45, 7) is 0.789. The largest absolute Gasteiger partial charge is 0.394 e. The second-order valence-corrected chi connectivity index (χ2v) is 10.7. The normalized spacial score (nSPS) is 21.1. The highest BCUT2D eigenvalue weighted by atomic mass is 35.5. The minimum absolute atomic E-state index is 0.0809. The zero-order valence-corrected chi connectivity index (χ0v) is 23.6. The molecular weight excluding hydrogens is 570 g/mol. The van der Waals surface area contributed by atoms with Crippen LogP contribution < -0.4 is 0 Å². The number of hydrogen-bond acceptors (Lipinski definition) is 8. The fourth-order valence-corrected chi connectivity index (χ4v) is 6.02. The van der Waals surface area contributed by atoms with Crippen LogP contribution in [0.5, 0.6) is 0 Å². The van der Waals surface area contributed by atoms with Crippen LogP contribution in [0.2, 0.25) is 5.02 Å². The number of rotatable bonds is 9. The Bertz CT molecular complexity index is 1510. The van der Waals surface area contributed by atoms with Crippen LogP contribution >= 0.6 is 11.6 Å². The van der Waals surface area contributed by atoms with Crippen molar-refractivity contribution in [3.63, 3.8) is 0 Å². The van der Waals surface area contributed by atoms with Crippen molar-refractivity contribution in [3.8, 4) is 6.07 Å². The van der Waals surface area contributed by atoms with Gasteiger partial charge in [0.1, 0.15) is 29.0 Å². The van der Waals surface area contributed by atoms with Gasteiger partial charge in [-0.05, 0) is 36.2 Å². The Kier molecular flexibility index (Phi) is 8.29. The molecule has 2 atom stereocenters. The van der Waals surface area contributed by atoms with Crippen LogP contribution in [0.3, 0.4) is 0 Å². The van der Waals surface area contributed by atoms with Crippen LogP contribution in [-0.2, 0) is 27.3 Å². The predicted molar refractivity (Wildman–Crippen MR) is 146 cm³/mol. The number of carbonyl (C=O) groups is 1. The smallest absolute Gasteiger partial charge is 0.257 e. The second-order valence-electron chi connectivity index (χ2n) is 10.3. The maximum Gasteiger partial charge on any atom is 0.257 e. The summed E-state index contributed by atoms with van der Waals surface area (Å²) in [5.41, 5.74) is -5.99. The molecule has 5 rings (SSSR count). The van der Waals surface area contributed by atoms with Crippen molar-refractivity contribution in [1.29, 1.82) is 5.26 Å². The van der Waals surface area contributed by atoms with E-state index in [2.05, 4.69) is 9.97 Å². The topological polar surface area (TPSA) is 129 Å². The Morgan fingerprint density at radius 3 is 2.48 bits per heavy atom. The quantitative estimate of drug-likeness (QED) is 0.376. The molecule has 42 heavy (non-hydrogen) atoms. The molecule has 1 saturated heterocycles. The molecule has 2 aliphatic rings. The van der Waals surface area contributed by atoms with Crippen LogP contribution in [0.1, 0.15) is 64.6 Å². The minimum Gasteiger partial charge on any atom is -0.394 e. The molecule has 0 saturated carbocycles. The highest BCUT2D eigenvalue weighted by Crippen LogP contribution is 2.51. The van der Waals surface area contributed by atoms with Gasteiger partial charge in [0.2, 0.25) is 0 Å². The average molecular weight is 599 g/mol. The molecule has 0 bridgehead atoms. The summed E-state index contributed by atoms with van der Waals surface area (Å²) in [5.74, 6) is -1.46. The van der Waals surface area contributed by atoms with Crippen LogP contribution in [0.4, 0.5) is 8.78 Å². The number of amides is 1. The highest BCUT2D eigenvalue weighted by Gasteiger charge is 2.57. The minimum atomic E-state index is -2.11. The molecule has 3 aromatic rings. The maximum atomic E-state index is 16.5. The van der Waals surface area contributed by atoms with Gasteiger partial charge in [0, 0.05) is 49.0 Å². The Labute approximate surface area is 246 Å². The van der Waals surface area contributed by atoms with E-state index in [1.54, 1.807) is 31.2 Å². The number of halogens is 3. The van der Waals surface area contributed by atoms with E-state index >= 15 is 8.78 Å². The van der Waals surface area contributed by atoms with Gasteiger partial charge in [-0.25, -0.2) is 18.7 Å². The molecule has 0 aliphatic carbocycles. The summed E-state index contributed by atoms with van der Waals surface area (Å²) >= 11 is 6.14. The third-order valence-electron chi connectivity index (χ3n) is 8.07. The van der Waals surface area contributed by atoms with E-state index in [-0.39, 0.29) is 73.7 Å². The first-order valence-electron chi connectivity index (χ1n) is 13.5. The van der Waals surface area contributed by atoms with Crippen molar-refractivity contribution in [2.45, 2.75) is 49.7 Å². The van der Waals surface area contributed by atoms with Crippen LogP contribution in [0.25, 0.3) is 0 Å². The number of hydrogen-bond donors (Lipinski definition) is 2. The number of aliphatic hydroxyl groups is 2. The Morgan fingerprint density at radius 2 is 1.88 bits per heavy atom. The average Bonchev–Trinajstić information content (AvgIpc) is 3.24. The molecule has 1 unspecified atom stereocenters. The van der Waals surface area contributed by atoms with Gasteiger partial charge in [-0.15, -0.1) is 0 Å². The molecule has 1 fully saturated rings. The Hall–Kier alpha value is -3.53. The molecule has 2 aliphatic heterocycles. The van der Waals surface area contributed by atoms with Gasteiger partial charge >= 0.3 is 0 Å². The molecule has 220 valence electrons.